The molecule has 2 atom stereocenters. The van der Waals surface area contributed by atoms with E-state index in [1.807, 2.05) is 18.2 Å². The summed E-state index contributed by atoms with van der Waals surface area (Å²) in [4.78, 5) is 12.2. The van der Waals surface area contributed by atoms with Crippen LogP contribution in [0.5, 0.6) is 5.75 Å². The van der Waals surface area contributed by atoms with Crippen molar-refractivity contribution in [2.45, 2.75) is 36.9 Å². The van der Waals surface area contributed by atoms with Crippen LogP contribution >= 0.6 is 15.9 Å². The van der Waals surface area contributed by atoms with E-state index < -0.39 is 11.2 Å². The van der Waals surface area contributed by atoms with E-state index >= 15 is 0 Å². The zero-order chi connectivity index (χ0) is 15.2. The summed E-state index contributed by atoms with van der Waals surface area (Å²) in [5.74, 6) is 0.546. The summed E-state index contributed by atoms with van der Waals surface area (Å²) in [6, 6.07) is 5.99. The molecule has 22 heavy (non-hydrogen) atoms. The van der Waals surface area contributed by atoms with Crippen LogP contribution in [0.15, 0.2) is 22.7 Å². The molecule has 3 aliphatic rings. The molecule has 0 unspecified atom stereocenters. The van der Waals surface area contributed by atoms with E-state index in [9.17, 15) is 4.79 Å². The molecule has 0 bridgehead atoms. The zero-order valence-corrected chi connectivity index (χ0v) is 13.9. The first kappa shape index (κ1) is 14.7. The van der Waals surface area contributed by atoms with E-state index in [-0.39, 0.29) is 5.92 Å². The lowest BCUT2D eigenvalue weighted by atomic mass is 9.61. The quantitative estimate of drug-likeness (QED) is 0.715. The summed E-state index contributed by atoms with van der Waals surface area (Å²) in [6.45, 7) is 1.93. The van der Waals surface area contributed by atoms with Gasteiger partial charge in [-0.2, -0.15) is 0 Å². The van der Waals surface area contributed by atoms with Gasteiger partial charge in [0.05, 0.1) is 25.2 Å². The number of ether oxygens (including phenoxy) is 3. The van der Waals surface area contributed by atoms with Crippen molar-refractivity contribution in [3.05, 3.63) is 28.2 Å². The molecule has 1 aliphatic carbocycles. The average molecular weight is 367 g/mol. The Balaban J connectivity index is 1.77. The number of carbonyl (C=O) groups is 1. The average Bonchev–Trinajstić information content (AvgIpc) is 2.90. The van der Waals surface area contributed by atoms with Crippen LogP contribution < -0.4 is 4.74 Å². The fraction of sp³-hybridized carbons (Fsp3) is 0.588. The van der Waals surface area contributed by atoms with E-state index in [1.165, 1.54) is 0 Å². The van der Waals surface area contributed by atoms with Gasteiger partial charge in [-0.1, -0.05) is 22.0 Å². The molecule has 2 aliphatic heterocycles. The highest BCUT2D eigenvalue weighted by molar-refractivity contribution is 9.10. The molecular weight excluding hydrogens is 348 g/mol. The number of benzene rings is 1. The number of carbonyl (C=O) groups excluding carboxylic acids is 1. The van der Waals surface area contributed by atoms with E-state index in [1.54, 1.807) is 0 Å². The molecule has 1 spiro atoms. The van der Waals surface area contributed by atoms with Crippen LogP contribution in [0, 0.1) is 5.92 Å². The van der Waals surface area contributed by atoms with E-state index in [4.69, 9.17) is 14.2 Å². The van der Waals surface area contributed by atoms with Gasteiger partial charge in [-0.3, -0.25) is 0 Å². The van der Waals surface area contributed by atoms with Gasteiger partial charge in [0.25, 0.3) is 0 Å². The smallest absolute Gasteiger partial charge is 0.168 e. The molecule has 0 N–H and O–H groups in total. The molecule has 118 valence electrons. The molecule has 0 radical (unpaired) electrons. The van der Waals surface area contributed by atoms with Crippen LogP contribution in [0.1, 0.15) is 31.2 Å². The summed E-state index contributed by atoms with van der Waals surface area (Å²) >= 11 is 3.48. The molecule has 1 aromatic carbocycles. The van der Waals surface area contributed by atoms with Crippen molar-refractivity contribution in [1.82, 2.24) is 0 Å². The Morgan fingerprint density at radius 2 is 2.00 bits per heavy atom. The van der Waals surface area contributed by atoms with Gasteiger partial charge in [-0.15, -0.1) is 0 Å². The lowest BCUT2D eigenvalue weighted by molar-refractivity contribution is -0.197. The fourth-order valence-corrected chi connectivity index (χ4v) is 4.60. The largest absolute Gasteiger partial charge is 0.493 e. The Hall–Kier alpha value is -0.910. The highest BCUT2D eigenvalue weighted by Gasteiger charge is 2.54. The summed E-state index contributed by atoms with van der Waals surface area (Å²) in [5, 5.41) is 0. The number of hydrogen-bond donors (Lipinski definition) is 0. The van der Waals surface area contributed by atoms with Gasteiger partial charge in [0.2, 0.25) is 0 Å². The molecule has 0 aromatic heterocycles. The number of hydrogen-bond acceptors (Lipinski definition) is 4. The highest BCUT2D eigenvalue weighted by Crippen LogP contribution is 2.53. The normalized spacial score (nSPS) is 32.7. The molecule has 1 aromatic rings. The maximum absolute atomic E-state index is 12.2. The molecule has 4 nitrogen and oxygen atoms in total. The molecule has 5 heteroatoms. The minimum absolute atomic E-state index is 0.194. The maximum Gasteiger partial charge on any atom is 0.168 e. The first-order chi connectivity index (χ1) is 10.7. The second-order valence-corrected chi connectivity index (χ2v) is 7.36. The van der Waals surface area contributed by atoms with E-state index in [2.05, 4.69) is 15.9 Å². The second kappa shape index (κ2) is 5.32. The van der Waals surface area contributed by atoms with Crippen LogP contribution in [0.4, 0.5) is 0 Å². The van der Waals surface area contributed by atoms with Crippen LogP contribution in [0.3, 0.4) is 0 Å². The monoisotopic (exact) mass is 366 g/mol. The maximum atomic E-state index is 12.2. The SMILES string of the molecule is O=C[C@@]12CCC3(C[C@@H]1CCOc1cc(Br)ccc12)OCCO3. The number of halogens is 1. The number of rotatable bonds is 1. The van der Waals surface area contributed by atoms with Crippen molar-refractivity contribution < 1.29 is 19.0 Å². The Labute approximate surface area is 138 Å². The van der Waals surface area contributed by atoms with Crippen LogP contribution in [-0.2, 0) is 19.7 Å². The third-order valence-electron chi connectivity index (χ3n) is 5.40. The number of aldehydes is 1. The van der Waals surface area contributed by atoms with Crippen molar-refractivity contribution in [3.63, 3.8) is 0 Å². The molecular formula is C17H19BrO4. The molecule has 2 heterocycles. The molecule has 1 saturated heterocycles. The Morgan fingerprint density at radius 1 is 1.18 bits per heavy atom. The topological polar surface area (TPSA) is 44.8 Å². The standard InChI is InChI=1S/C17H19BrO4/c18-13-1-2-14-15(9-13)20-6-3-12-10-17(21-7-8-22-17)5-4-16(12,14)11-19/h1-2,9,11-12H,3-8,10H2/t12-,16-/m0/s1. The summed E-state index contributed by atoms with van der Waals surface area (Å²) < 4.78 is 18.7. The third kappa shape index (κ3) is 2.14. The van der Waals surface area contributed by atoms with Gasteiger partial charge in [0, 0.05) is 22.9 Å². The van der Waals surface area contributed by atoms with Crippen LogP contribution in [0.2, 0.25) is 0 Å². The van der Waals surface area contributed by atoms with Gasteiger partial charge >= 0.3 is 0 Å². The third-order valence-corrected chi connectivity index (χ3v) is 5.89. The summed E-state index contributed by atoms with van der Waals surface area (Å²) in [6.07, 6.45) is 4.27. The lowest BCUT2D eigenvalue weighted by Crippen LogP contribution is -2.49. The van der Waals surface area contributed by atoms with Crippen LogP contribution in [-0.4, -0.2) is 31.9 Å². The van der Waals surface area contributed by atoms with Gasteiger partial charge < -0.3 is 19.0 Å². The van der Waals surface area contributed by atoms with Crippen LogP contribution in [0.25, 0.3) is 0 Å². The van der Waals surface area contributed by atoms with Crippen molar-refractivity contribution in [2.24, 2.45) is 5.92 Å². The minimum Gasteiger partial charge on any atom is -0.493 e. The Kier molecular flexibility index (Phi) is 3.55. The highest BCUT2D eigenvalue weighted by atomic mass is 79.9. The van der Waals surface area contributed by atoms with E-state index in [0.29, 0.717) is 19.8 Å². The lowest BCUT2D eigenvalue weighted by Gasteiger charge is -2.46. The summed E-state index contributed by atoms with van der Waals surface area (Å²) in [5.41, 5.74) is 0.536. The predicted molar refractivity (Wildman–Crippen MR) is 84.0 cm³/mol. The van der Waals surface area contributed by atoms with Gasteiger partial charge in [0.15, 0.2) is 5.79 Å². The first-order valence-corrected chi connectivity index (χ1v) is 8.64. The zero-order valence-electron chi connectivity index (χ0n) is 12.3. The van der Waals surface area contributed by atoms with Gasteiger partial charge in [0.1, 0.15) is 12.0 Å². The summed E-state index contributed by atoms with van der Waals surface area (Å²) in [7, 11) is 0. The van der Waals surface area contributed by atoms with Gasteiger partial charge in [-0.05, 0) is 30.9 Å². The van der Waals surface area contributed by atoms with E-state index in [0.717, 1.165) is 47.8 Å². The second-order valence-electron chi connectivity index (χ2n) is 6.44. The van der Waals surface area contributed by atoms with Crippen molar-refractivity contribution in [2.75, 3.05) is 19.8 Å². The molecule has 0 amide bonds. The fourth-order valence-electron chi connectivity index (χ4n) is 4.26. The Morgan fingerprint density at radius 3 is 2.77 bits per heavy atom. The van der Waals surface area contributed by atoms with Crippen molar-refractivity contribution in [3.8, 4) is 5.75 Å². The van der Waals surface area contributed by atoms with Crippen molar-refractivity contribution in [1.29, 1.82) is 0 Å². The first-order valence-electron chi connectivity index (χ1n) is 7.85. The van der Waals surface area contributed by atoms with Crippen molar-refractivity contribution >= 4 is 22.2 Å². The molecule has 1 saturated carbocycles. The molecule has 2 fully saturated rings. The molecule has 4 rings (SSSR count). The van der Waals surface area contributed by atoms with Gasteiger partial charge in [-0.25, -0.2) is 0 Å². The predicted octanol–water partition coefficient (Wildman–Crippen LogP) is 3.21. The minimum atomic E-state index is -0.479. The Bertz CT molecular complexity index is 596. The number of fused-ring (bicyclic) bond motifs is 3.